The Morgan fingerprint density at radius 1 is 1.21 bits per heavy atom. The highest BCUT2D eigenvalue weighted by molar-refractivity contribution is 5.88. The van der Waals surface area contributed by atoms with Crippen molar-refractivity contribution >= 4 is 5.97 Å². The van der Waals surface area contributed by atoms with Gasteiger partial charge in [0.05, 0.1) is 13.1 Å². The molecule has 5 nitrogen and oxygen atoms in total. The fourth-order valence-electron chi connectivity index (χ4n) is 1.99. The lowest BCUT2D eigenvalue weighted by Crippen LogP contribution is -2.16. The number of carboxylic acid groups (broad SMARTS) is 1. The molecule has 0 aliphatic carbocycles. The molecule has 0 bridgehead atoms. The lowest BCUT2D eigenvalue weighted by molar-refractivity contribution is 0.0695. The van der Waals surface area contributed by atoms with Crippen LogP contribution < -0.4 is 0 Å². The third-order valence-corrected chi connectivity index (χ3v) is 2.85. The van der Waals surface area contributed by atoms with Gasteiger partial charge in [0.1, 0.15) is 28.6 Å². The quantitative estimate of drug-likeness (QED) is 0.898. The molecular weight excluding hydrogens is 246 g/mol. The Bertz CT molecular complexity index is 582. The van der Waals surface area contributed by atoms with E-state index in [-0.39, 0.29) is 5.56 Å². The van der Waals surface area contributed by atoms with E-state index in [1.807, 2.05) is 31.0 Å². The summed E-state index contributed by atoms with van der Waals surface area (Å²) in [6.45, 7) is 4.74. The molecule has 102 valence electrons. The largest absolute Gasteiger partial charge is 0.478 e. The van der Waals surface area contributed by atoms with Crippen molar-refractivity contribution in [1.29, 1.82) is 0 Å². The molecule has 0 unspecified atom stereocenters. The monoisotopic (exact) mass is 263 g/mol. The van der Waals surface area contributed by atoms with E-state index >= 15 is 0 Å². The fourth-order valence-corrected chi connectivity index (χ4v) is 1.99. The number of rotatable bonds is 5. The van der Waals surface area contributed by atoms with Crippen LogP contribution in [0.3, 0.4) is 0 Å². The summed E-state index contributed by atoms with van der Waals surface area (Å²) in [6.07, 6.45) is 0. The smallest absolute Gasteiger partial charge is 0.339 e. The standard InChI is InChI=1S/C14H17NO4/c1-9-4-5-11(18-9)7-15(3)8-12-6-13(14(16)17)10(2)19-12/h4-6H,7-8H2,1-3H3,(H,16,17). The molecule has 0 saturated carbocycles. The van der Waals surface area contributed by atoms with Gasteiger partial charge in [-0.25, -0.2) is 4.79 Å². The van der Waals surface area contributed by atoms with Crippen LogP contribution in [0.5, 0.6) is 0 Å². The predicted molar refractivity (Wildman–Crippen MR) is 69.0 cm³/mol. The van der Waals surface area contributed by atoms with E-state index in [4.69, 9.17) is 13.9 Å². The van der Waals surface area contributed by atoms with Crippen LogP contribution in [0.4, 0.5) is 0 Å². The van der Waals surface area contributed by atoms with Gasteiger partial charge in [0.15, 0.2) is 0 Å². The first-order chi connectivity index (χ1) is 8.95. The highest BCUT2D eigenvalue weighted by Crippen LogP contribution is 2.17. The average molecular weight is 263 g/mol. The molecule has 2 aromatic rings. The van der Waals surface area contributed by atoms with Crippen LogP contribution in [-0.4, -0.2) is 23.0 Å². The maximum Gasteiger partial charge on any atom is 0.339 e. The van der Waals surface area contributed by atoms with E-state index < -0.39 is 5.97 Å². The molecule has 0 amide bonds. The summed E-state index contributed by atoms with van der Waals surface area (Å²) < 4.78 is 10.9. The van der Waals surface area contributed by atoms with Crippen LogP contribution >= 0.6 is 0 Å². The van der Waals surface area contributed by atoms with Crippen LogP contribution in [0.15, 0.2) is 27.0 Å². The van der Waals surface area contributed by atoms with Crippen LogP contribution in [-0.2, 0) is 13.1 Å². The zero-order valence-electron chi connectivity index (χ0n) is 11.3. The number of aryl methyl sites for hydroxylation is 2. The minimum Gasteiger partial charge on any atom is -0.478 e. The Balaban J connectivity index is 2.00. The highest BCUT2D eigenvalue weighted by atomic mass is 16.4. The molecule has 0 aromatic carbocycles. The Labute approximate surface area is 111 Å². The summed E-state index contributed by atoms with van der Waals surface area (Å²) in [5.74, 6) is 1.87. The van der Waals surface area contributed by atoms with Gasteiger partial charge in [-0.3, -0.25) is 4.90 Å². The highest BCUT2D eigenvalue weighted by Gasteiger charge is 2.15. The Morgan fingerprint density at radius 3 is 2.42 bits per heavy atom. The molecule has 2 heterocycles. The first-order valence-electron chi connectivity index (χ1n) is 6.02. The Hall–Kier alpha value is -2.01. The first kappa shape index (κ1) is 13.4. The zero-order chi connectivity index (χ0) is 14.0. The molecule has 2 rings (SSSR count). The van der Waals surface area contributed by atoms with Gasteiger partial charge in [0.2, 0.25) is 0 Å². The van der Waals surface area contributed by atoms with Crippen molar-refractivity contribution in [2.75, 3.05) is 7.05 Å². The molecule has 0 saturated heterocycles. The van der Waals surface area contributed by atoms with Gasteiger partial charge >= 0.3 is 5.97 Å². The van der Waals surface area contributed by atoms with Gasteiger partial charge in [-0.1, -0.05) is 0 Å². The summed E-state index contributed by atoms with van der Waals surface area (Å²) in [4.78, 5) is 12.9. The molecule has 0 aliphatic rings. The normalized spacial score (nSPS) is 11.2. The second-order valence-electron chi connectivity index (χ2n) is 4.67. The second-order valence-corrected chi connectivity index (χ2v) is 4.67. The Morgan fingerprint density at radius 2 is 1.89 bits per heavy atom. The topological polar surface area (TPSA) is 66.8 Å². The molecule has 0 atom stereocenters. The number of aromatic carboxylic acids is 1. The SMILES string of the molecule is Cc1ccc(CN(C)Cc2cc(C(=O)O)c(C)o2)o1. The number of furan rings is 2. The number of nitrogens with zero attached hydrogens (tertiary/aromatic N) is 1. The van der Waals surface area contributed by atoms with E-state index in [9.17, 15) is 4.79 Å². The van der Waals surface area contributed by atoms with Gasteiger partial charge in [0, 0.05) is 0 Å². The van der Waals surface area contributed by atoms with E-state index in [1.165, 1.54) is 0 Å². The lowest BCUT2D eigenvalue weighted by atomic mass is 10.2. The minimum atomic E-state index is -0.961. The van der Waals surface area contributed by atoms with Gasteiger partial charge in [0.25, 0.3) is 0 Å². The number of carboxylic acids is 1. The van der Waals surface area contributed by atoms with Gasteiger partial charge in [-0.15, -0.1) is 0 Å². The maximum absolute atomic E-state index is 10.9. The Kier molecular flexibility index (Phi) is 3.76. The van der Waals surface area contributed by atoms with Crippen LogP contribution in [0.1, 0.15) is 33.4 Å². The minimum absolute atomic E-state index is 0.220. The molecule has 5 heteroatoms. The van der Waals surface area contributed by atoms with Crippen molar-refractivity contribution < 1.29 is 18.7 Å². The second kappa shape index (κ2) is 5.32. The predicted octanol–water partition coefficient (Wildman–Crippen LogP) is 2.82. The summed E-state index contributed by atoms with van der Waals surface area (Å²) in [7, 11) is 1.93. The van der Waals surface area contributed by atoms with E-state index in [2.05, 4.69) is 0 Å². The molecule has 0 aliphatic heterocycles. The lowest BCUT2D eigenvalue weighted by Gasteiger charge is -2.12. The van der Waals surface area contributed by atoms with Crippen LogP contribution in [0, 0.1) is 13.8 Å². The molecular formula is C14H17NO4. The zero-order valence-corrected chi connectivity index (χ0v) is 11.3. The van der Waals surface area contributed by atoms with Gasteiger partial charge in [-0.05, 0) is 39.1 Å². The van der Waals surface area contributed by atoms with Gasteiger partial charge < -0.3 is 13.9 Å². The molecule has 0 radical (unpaired) electrons. The van der Waals surface area contributed by atoms with Crippen LogP contribution in [0.25, 0.3) is 0 Å². The van der Waals surface area contributed by atoms with Crippen molar-refractivity contribution in [1.82, 2.24) is 4.90 Å². The number of hydrogen-bond donors (Lipinski definition) is 1. The van der Waals surface area contributed by atoms with Crippen molar-refractivity contribution in [2.24, 2.45) is 0 Å². The third-order valence-electron chi connectivity index (χ3n) is 2.85. The van der Waals surface area contributed by atoms with E-state index in [0.29, 0.717) is 24.6 Å². The van der Waals surface area contributed by atoms with E-state index in [0.717, 1.165) is 11.5 Å². The van der Waals surface area contributed by atoms with E-state index in [1.54, 1.807) is 13.0 Å². The maximum atomic E-state index is 10.9. The molecule has 0 fully saturated rings. The summed E-state index contributed by atoms with van der Waals surface area (Å²) in [5.41, 5.74) is 0.220. The summed E-state index contributed by atoms with van der Waals surface area (Å²) in [5, 5.41) is 8.96. The van der Waals surface area contributed by atoms with Crippen molar-refractivity contribution in [3.8, 4) is 0 Å². The molecule has 2 aromatic heterocycles. The third kappa shape index (κ3) is 3.26. The summed E-state index contributed by atoms with van der Waals surface area (Å²) in [6, 6.07) is 5.42. The van der Waals surface area contributed by atoms with Gasteiger partial charge in [-0.2, -0.15) is 0 Å². The molecule has 19 heavy (non-hydrogen) atoms. The summed E-state index contributed by atoms with van der Waals surface area (Å²) >= 11 is 0. The number of carbonyl (C=O) groups is 1. The fraction of sp³-hybridized carbons (Fsp3) is 0.357. The van der Waals surface area contributed by atoms with Crippen LogP contribution in [0.2, 0.25) is 0 Å². The molecule has 1 N–H and O–H groups in total. The molecule has 0 spiro atoms. The van der Waals surface area contributed by atoms with Crippen molar-refractivity contribution in [3.05, 3.63) is 46.8 Å². The first-order valence-corrected chi connectivity index (χ1v) is 6.02. The average Bonchev–Trinajstić information content (AvgIpc) is 2.85. The number of hydrogen-bond acceptors (Lipinski definition) is 4. The van der Waals surface area contributed by atoms with Crippen molar-refractivity contribution in [2.45, 2.75) is 26.9 Å². The van der Waals surface area contributed by atoms with Crippen molar-refractivity contribution in [3.63, 3.8) is 0 Å².